The minimum Gasteiger partial charge on any atom is -0.395 e. The van der Waals surface area contributed by atoms with Crippen LogP contribution in [0.15, 0.2) is 96.8 Å². The van der Waals surface area contributed by atoms with E-state index in [1.165, 1.54) is 27.8 Å². The summed E-state index contributed by atoms with van der Waals surface area (Å²) in [5.41, 5.74) is 8.61. The second-order valence-electron chi connectivity index (χ2n) is 11.8. The van der Waals surface area contributed by atoms with Crippen LogP contribution in [0.4, 0.5) is 5.13 Å². The van der Waals surface area contributed by atoms with Gasteiger partial charge in [-0.05, 0) is 47.6 Å². The average Bonchev–Trinajstić information content (AvgIpc) is 3.55. The summed E-state index contributed by atoms with van der Waals surface area (Å²) >= 11 is 1.68. The maximum absolute atomic E-state index is 9.22. The quantitative estimate of drug-likeness (QED) is 0.247. The standard InChI is InChI=1S/C36H40N6OS/c43-25-24-39-18-15-30(16-19-39)33-9-5-8-32(26-33)29-10-12-31(13-11-29)34-27-42-35(37-34)44-36(38-42)41-22-20-40(21-23-41)17-14-28-6-3-1-2-4-7-28/h1-3,5-13,15,26-27,43H,4,14,16-25H2. The Labute approximate surface area is 263 Å². The molecule has 44 heavy (non-hydrogen) atoms. The van der Waals surface area contributed by atoms with Crippen molar-refractivity contribution >= 4 is 27.0 Å². The van der Waals surface area contributed by atoms with Gasteiger partial charge in [0.2, 0.25) is 10.1 Å². The molecule has 2 aliphatic heterocycles. The maximum Gasteiger partial charge on any atom is 0.214 e. The van der Waals surface area contributed by atoms with E-state index in [4.69, 9.17) is 10.1 Å². The van der Waals surface area contributed by atoms with E-state index in [1.807, 2.05) is 4.52 Å². The summed E-state index contributed by atoms with van der Waals surface area (Å²) < 4.78 is 1.94. The van der Waals surface area contributed by atoms with Crippen LogP contribution in [0, 0.1) is 0 Å². The number of benzene rings is 2. The first kappa shape index (κ1) is 28.9. The molecular weight excluding hydrogens is 565 g/mol. The minimum absolute atomic E-state index is 0.219. The number of fused-ring (bicyclic) bond motifs is 1. The number of piperazine rings is 1. The van der Waals surface area contributed by atoms with Gasteiger partial charge in [-0.1, -0.05) is 95.8 Å². The fourth-order valence-corrected chi connectivity index (χ4v) is 7.20. The minimum atomic E-state index is 0.219. The SMILES string of the molecule is OCCN1CC=C(c2cccc(-c3ccc(-c4cn5nc(N6CCN(CCC7=CCC=CC=C7)CC6)sc5n4)cc3)c2)CC1. The summed E-state index contributed by atoms with van der Waals surface area (Å²) in [6.45, 7) is 8.12. The van der Waals surface area contributed by atoms with Gasteiger partial charge in [0.05, 0.1) is 18.5 Å². The lowest BCUT2D eigenvalue weighted by atomic mass is 9.95. The van der Waals surface area contributed by atoms with Gasteiger partial charge in [0.25, 0.3) is 0 Å². The molecule has 0 saturated carbocycles. The fraction of sp³-hybridized carbons (Fsp3) is 0.333. The fourth-order valence-electron chi connectivity index (χ4n) is 6.27. The Morgan fingerprint density at radius 2 is 1.66 bits per heavy atom. The molecule has 2 aromatic carbocycles. The van der Waals surface area contributed by atoms with Crippen molar-refractivity contribution in [1.82, 2.24) is 24.4 Å². The molecule has 0 radical (unpaired) electrons. The number of imidazole rings is 1. The molecule has 2 aromatic heterocycles. The third-order valence-corrected chi connectivity index (χ3v) is 9.91. The molecule has 0 amide bonds. The summed E-state index contributed by atoms with van der Waals surface area (Å²) in [5, 5.41) is 15.2. The predicted octanol–water partition coefficient (Wildman–Crippen LogP) is 6.16. The van der Waals surface area contributed by atoms with Gasteiger partial charge >= 0.3 is 0 Å². The zero-order chi connectivity index (χ0) is 29.7. The monoisotopic (exact) mass is 604 g/mol. The summed E-state index contributed by atoms with van der Waals surface area (Å²) in [4.78, 5) is 13.1. The Morgan fingerprint density at radius 3 is 2.45 bits per heavy atom. The number of allylic oxidation sites excluding steroid dienone is 5. The number of rotatable bonds is 9. The number of hydrogen-bond donors (Lipinski definition) is 1. The summed E-state index contributed by atoms with van der Waals surface area (Å²) in [5.74, 6) is 0. The normalized spacial score (nSPS) is 18.1. The molecule has 3 aliphatic rings. The van der Waals surface area contributed by atoms with Crippen molar-refractivity contribution < 1.29 is 5.11 Å². The molecule has 4 heterocycles. The first-order valence-electron chi connectivity index (χ1n) is 15.8. The van der Waals surface area contributed by atoms with E-state index in [-0.39, 0.29) is 6.61 Å². The van der Waals surface area contributed by atoms with Crippen LogP contribution in [-0.4, -0.2) is 88.5 Å². The molecule has 0 bridgehead atoms. The number of aromatic nitrogens is 3. The van der Waals surface area contributed by atoms with Crippen LogP contribution in [0.1, 0.15) is 24.8 Å². The molecule has 7 rings (SSSR count). The third kappa shape index (κ3) is 6.64. The van der Waals surface area contributed by atoms with Gasteiger partial charge in [-0.15, -0.1) is 5.10 Å². The molecule has 7 nitrogen and oxygen atoms in total. The van der Waals surface area contributed by atoms with E-state index in [0.717, 1.165) is 93.0 Å². The highest BCUT2D eigenvalue weighted by Crippen LogP contribution is 2.31. The van der Waals surface area contributed by atoms with Gasteiger partial charge in [-0.2, -0.15) is 0 Å². The molecule has 226 valence electrons. The van der Waals surface area contributed by atoms with Crippen LogP contribution in [0.25, 0.3) is 32.9 Å². The van der Waals surface area contributed by atoms with Crippen molar-refractivity contribution in [1.29, 1.82) is 0 Å². The lowest BCUT2D eigenvalue weighted by Crippen LogP contribution is -2.46. The predicted molar refractivity (Wildman–Crippen MR) is 182 cm³/mol. The number of β-amino-alcohol motifs (C(OH)–C–C–N with tert-alkyl or cyclic N) is 1. The number of aliphatic hydroxyl groups excluding tert-OH is 1. The van der Waals surface area contributed by atoms with Gasteiger partial charge < -0.3 is 10.0 Å². The van der Waals surface area contributed by atoms with E-state index in [9.17, 15) is 5.11 Å². The van der Waals surface area contributed by atoms with E-state index >= 15 is 0 Å². The molecule has 1 N–H and O–H groups in total. The van der Waals surface area contributed by atoms with Gasteiger partial charge in [-0.25, -0.2) is 9.50 Å². The Bertz CT molecular complexity index is 1670. The van der Waals surface area contributed by atoms with E-state index < -0.39 is 0 Å². The van der Waals surface area contributed by atoms with Gasteiger partial charge in [0.1, 0.15) is 0 Å². The Kier molecular flexibility index (Phi) is 8.84. The molecule has 8 heteroatoms. The topological polar surface area (TPSA) is 60.1 Å². The molecular formula is C36H40N6OS. The third-order valence-electron chi connectivity index (χ3n) is 8.92. The van der Waals surface area contributed by atoms with E-state index in [1.54, 1.807) is 11.3 Å². The van der Waals surface area contributed by atoms with E-state index in [2.05, 4.69) is 106 Å². The summed E-state index contributed by atoms with van der Waals surface area (Å²) in [6, 6.07) is 17.6. The van der Waals surface area contributed by atoms with Crippen LogP contribution in [0.3, 0.4) is 0 Å². The Morgan fingerprint density at radius 1 is 0.818 bits per heavy atom. The van der Waals surface area contributed by atoms with Gasteiger partial charge in [0, 0.05) is 57.9 Å². The number of nitrogens with zero attached hydrogens (tertiary/aromatic N) is 6. The molecule has 1 saturated heterocycles. The maximum atomic E-state index is 9.22. The summed E-state index contributed by atoms with van der Waals surface area (Å²) in [7, 11) is 0. The van der Waals surface area contributed by atoms with Crippen molar-refractivity contribution in [2.24, 2.45) is 0 Å². The number of aliphatic hydroxyl groups is 1. The Balaban J connectivity index is 0.963. The smallest absolute Gasteiger partial charge is 0.214 e. The molecule has 0 atom stereocenters. The molecule has 0 spiro atoms. The molecule has 1 fully saturated rings. The van der Waals surface area contributed by atoms with Crippen molar-refractivity contribution in [3.8, 4) is 22.4 Å². The summed E-state index contributed by atoms with van der Waals surface area (Å²) in [6.07, 6.45) is 18.6. The lowest BCUT2D eigenvalue weighted by Gasteiger charge is -2.34. The van der Waals surface area contributed by atoms with Gasteiger partial charge in [0.15, 0.2) is 0 Å². The largest absolute Gasteiger partial charge is 0.395 e. The lowest BCUT2D eigenvalue weighted by molar-refractivity contribution is 0.208. The highest BCUT2D eigenvalue weighted by molar-refractivity contribution is 7.20. The molecule has 0 unspecified atom stereocenters. The number of hydrogen-bond acceptors (Lipinski definition) is 7. The van der Waals surface area contributed by atoms with Crippen LogP contribution in [-0.2, 0) is 0 Å². The van der Waals surface area contributed by atoms with Crippen LogP contribution < -0.4 is 4.90 Å². The second kappa shape index (κ2) is 13.4. The van der Waals surface area contributed by atoms with Gasteiger partial charge in [-0.3, -0.25) is 9.80 Å². The van der Waals surface area contributed by atoms with Crippen LogP contribution >= 0.6 is 11.3 Å². The van der Waals surface area contributed by atoms with Crippen LogP contribution in [0.5, 0.6) is 0 Å². The van der Waals surface area contributed by atoms with Crippen molar-refractivity contribution in [2.75, 3.05) is 63.9 Å². The van der Waals surface area contributed by atoms with Crippen LogP contribution in [0.2, 0.25) is 0 Å². The highest BCUT2D eigenvalue weighted by Gasteiger charge is 2.21. The highest BCUT2D eigenvalue weighted by atomic mass is 32.1. The zero-order valence-corrected chi connectivity index (χ0v) is 26.0. The second-order valence-corrected chi connectivity index (χ2v) is 12.7. The van der Waals surface area contributed by atoms with Crippen molar-refractivity contribution in [3.63, 3.8) is 0 Å². The van der Waals surface area contributed by atoms with E-state index in [0.29, 0.717) is 0 Å². The molecule has 4 aromatic rings. The zero-order valence-electron chi connectivity index (χ0n) is 25.2. The van der Waals surface area contributed by atoms with Crippen molar-refractivity contribution in [3.05, 3.63) is 102 Å². The number of anilines is 1. The Hall–Kier alpha value is -3.82. The first-order valence-corrected chi connectivity index (χ1v) is 16.6. The van der Waals surface area contributed by atoms with Crippen molar-refractivity contribution in [2.45, 2.75) is 19.3 Å². The molecule has 1 aliphatic carbocycles. The first-order chi connectivity index (χ1) is 21.7. The average molecular weight is 605 g/mol.